The van der Waals surface area contributed by atoms with Crippen molar-refractivity contribution >= 4 is 11.6 Å². The predicted molar refractivity (Wildman–Crippen MR) is 132 cm³/mol. The molecule has 2 heterocycles. The van der Waals surface area contributed by atoms with Gasteiger partial charge in [0, 0.05) is 29.3 Å². The second-order valence-corrected chi connectivity index (χ2v) is 8.71. The van der Waals surface area contributed by atoms with Crippen LogP contribution in [0.2, 0.25) is 5.02 Å². The molecule has 186 valence electrons. The molecule has 0 radical (unpaired) electrons. The van der Waals surface area contributed by atoms with Crippen molar-refractivity contribution in [2.24, 2.45) is 0 Å². The first-order valence-electron chi connectivity index (χ1n) is 11.1. The maximum Gasteiger partial charge on any atom is 0.280 e. The highest BCUT2D eigenvalue weighted by Gasteiger charge is 2.18. The van der Waals surface area contributed by atoms with E-state index in [4.69, 9.17) is 16.3 Å². The summed E-state index contributed by atoms with van der Waals surface area (Å²) in [6.07, 6.45) is 1.62. The van der Waals surface area contributed by atoms with Crippen LogP contribution in [-0.2, 0) is 6.61 Å². The molecule has 7 nitrogen and oxygen atoms in total. The number of hydrogen-bond acceptors (Lipinski definition) is 6. The molecule has 10 heteroatoms. The van der Waals surface area contributed by atoms with Crippen molar-refractivity contribution in [3.63, 3.8) is 0 Å². The fourth-order valence-corrected chi connectivity index (χ4v) is 3.79. The number of ether oxygens (including phenoxy) is 1. The minimum Gasteiger partial charge on any atom is -0.471 e. The van der Waals surface area contributed by atoms with E-state index in [1.165, 1.54) is 10.6 Å². The van der Waals surface area contributed by atoms with E-state index in [1.54, 1.807) is 25.3 Å². The lowest BCUT2D eigenvalue weighted by Gasteiger charge is -2.16. The first-order valence-corrected chi connectivity index (χ1v) is 11.5. The van der Waals surface area contributed by atoms with Crippen LogP contribution in [0, 0.1) is 25.5 Å². The van der Waals surface area contributed by atoms with Crippen molar-refractivity contribution in [1.82, 2.24) is 19.5 Å². The zero-order valence-corrected chi connectivity index (χ0v) is 20.6. The van der Waals surface area contributed by atoms with E-state index >= 15 is 0 Å². The zero-order valence-electron chi connectivity index (χ0n) is 19.8. The molecule has 4 rings (SSSR count). The Kier molecular flexibility index (Phi) is 7.42. The smallest absolute Gasteiger partial charge is 0.280 e. The van der Waals surface area contributed by atoms with Crippen molar-refractivity contribution in [2.75, 3.05) is 6.61 Å². The summed E-state index contributed by atoms with van der Waals surface area (Å²) in [5, 5.41) is 9.16. The molecule has 2 aromatic heterocycles. The van der Waals surface area contributed by atoms with Gasteiger partial charge in [0.2, 0.25) is 5.88 Å². The highest BCUT2D eigenvalue weighted by atomic mass is 35.5. The summed E-state index contributed by atoms with van der Waals surface area (Å²) in [4.78, 5) is 26.3. The van der Waals surface area contributed by atoms with Gasteiger partial charge in [-0.3, -0.25) is 9.36 Å². The van der Waals surface area contributed by atoms with Crippen LogP contribution in [0.1, 0.15) is 35.6 Å². The van der Waals surface area contributed by atoms with Crippen molar-refractivity contribution in [3.8, 4) is 22.8 Å². The van der Waals surface area contributed by atoms with Gasteiger partial charge >= 0.3 is 0 Å². The monoisotopic (exact) mass is 512 g/mol. The van der Waals surface area contributed by atoms with E-state index in [1.807, 2.05) is 26.0 Å². The van der Waals surface area contributed by atoms with E-state index in [0.717, 1.165) is 23.3 Å². The average molecular weight is 513 g/mol. The van der Waals surface area contributed by atoms with E-state index in [-0.39, 0.29) is 35.6 Å². The average Bonchev–Trinajstić information content (AvgIpc) is 2.87. The Morgan fingerprint density at radius 1 is 1.11 bits per heavy atom. The number of halogens is 3. The molecule has 0 aliphatic rings. The van der Waals surface area contributed by atoms with Crippen LogP contribution in [0.15, 0.2) is 53.5 Å². The summed E-state index contributed by atoms with van der Waals surface area (Å²) < 4.78 is 34.0. The maximum atomic E-state index is 13.9. The van der Waals surface area contributed by atoms with Gasteiger partial charge in [-0.25, -0.2) is 18.7 Å². The number of aliphatic hydroxyl groups is 1. The van der Waals surface area contributed by atoms with Gasteiger partial charge in [-0.1, -0.05) is 30.7 Å². The summed E-state index contributed by atoms with van der Waals surface area (Å²) in [7, 11) is 0. The molecule has 0 aliphatic heterocycles. The Morgan fingerprint density at radius 3 is 2.61 bits per heavy atom. The summed E-state index contributed by atoms with van der Waals surface area (Å²) >= 11 is 6.31. The van der Waals surface area contributed by atoms with Crippen molar-refractivity contribution in [1.29, 1.82) is 0 Å². The molecule has 0 fully saturated rings. The molecule has 2 aromatic carbocycles. The van der Waals surface area contributed by atoms with Gasteiger partial charge in [0.15, 0.2) is 5.02 Å². The highest BCUT2D eigenvalue weighted by molar-refractivity contribution is 6.31. The topological polar surface area (TPSA) is 90.1 Å². The largest absolute Gasteiger partial charge is 0.471 e. The summed E-state index contributed by atoms with van der Waals surface area (Å²) in [6, 6.07) is 10.4. The second-order valence-electron chi connectivity index (χ2n) is 8.33. The van der Waals surface area contributed by atoms with Crippen molar-refractivity contribution in [2.45, 2.75) is 33.3 Å². The number of benzene rings is 2. The molecular weight excluding hydrogens is 490 g/mol. The number of nitrogens with zero attached hydrogens (tertiary/aromatic N) is 4. The number of aliphatic hydroxyl groups excluding tert-OH is 1. The van der Waals surface area contributed by atoms with E-state index < -0.39 is 17.2 Å². The minimum absolute atomic E-state index is 0.0798. The summed E-state index contributed by atoms with van der Waals surface area (Å²) in [5.41, 5.74) is 2.25. The van der Waals surface area contributed by atoms with E-state index in [0.29, 0.717) is 23.0 Å². The molecule has 1 N–H and O–H groups in total. The van der Waals surface area contributed by atoms with Gasteiger partial charge in [-0.05, 0) is 43.7 Å². The molecule has 0 amide bonds. The highest BCUT2D eigenvalue weighted by Crippen LogP contribution is 2.27. The molecule has 0 saturated carbocycles. The van der Waals surface area contributed by atoms with Crippen LogP contribution in [0.3, 0.4) is 0 Å². The molecule has 0 saturated heterocycles. The molecule has 4 aromatic rings. The van der Waals surface area contributed by atoms with Crippen molar-refractivity contribution in [3.05, 3.63) is 98.4 Å². The first kappa shape index (κ1) is 25.4. The third kappa shape index (κ3) is 5.12. The van der Waals surface area contributed by atoms with Gasteiger partial charge in [-0.2, -0.15) is 4.98 Å². The molecule has 1 atom stereocenters. The lowest BCUT2D eigenvalue weighted by atomic mass is 10.1. The minimum atomic E-state index is -0.773. The van der Waals surface area contributed by atoms with Crippen LogP contribution in [0.25, 0.3) is 16.9 Å². The number of rotatable bonds is 7. The second kappa shape index (κ2) is 10.5. The quantitative estimate of drug-likeness (QED) is 0.378. The van der Waals surface area contributed by atoms with E-state index in [2.05, 4.69) is 15.0 Å². The van der Waals surface area contributed by atoms with Gasteiger partial charge in [0.05, 0.1) is 18.0 Å². The molecule has 1 unspecified atom stereocenters. The van der Waals surface area contributed by atoms with Crippen LogP contribution < -0.4 is 10.3 Å². The van der Waals surface area contributed by atoms with Crippen LogP contribution >= 0.6 is 11.6 Å². The van der Waals surface area contributed by atoms with Gasteiger partial charge in [0.25, 0.3) is 5.56 Å². The lowest BCUT2D eigenvalue weighted by Crippen LogP contribution is -2.24. The van der Waals surface area contributed by atoms with Crippen molar-refractivity contribution < 1.29 is 18.6 Å². The fourth-order valence-electron chi connectivity index (χ4n) is 3.61. The first-order chi connectivity index (χ1) is 17.2. The maximum absolute atomic E-state index is 13.9. The molecule has 0 aliphatic carbocycles. The Balaban J connectivity index is 1.71. The Morgan fingerprint density at radius 2 is 1.89 bits per heavy atom. The van der Waals surface area contributed by atoms with Gasteiger partial charge in [0.1, 0.15) is 29.9 Å². The number of aromatic nitrogens is 4. The van der Waals surface area contributed by atoms with E-state index in [9.17, 15) is 18.7 Å². The zero-order chi connectivity index (χ0) is 26.0. The predicted octanol–water partition coefficient (Wildman–Crippen LogP) is 4.91. The third-order valence-electron chi connectivity index (χ3n) is 5.68. The van der Waals surface area contributed by atoms with Crippen LogP contribution in [-0.4, -0.2) is 31.2 Å². The molecule has 36 heavy (non-hydrogen) atoms. The SMILES string of the molecule is Cc1ccc(-c2ccnc(C(C)CO)n2)cc1-n1c(C)nc(OCc2ccc(F)cc2F)c(Cl)c1=O. The number of aryl methyl sites for hydroxylation is 2. The third-order valence-corrected chi connectivity index (χ3v) is 6.00. The Bertz CT molecular complexity index is 1490. The standard InChI is InChI=1S/C26H23ClF2N4O3/c1-14-4-5-17(21-8-9-30-24(32-21)15(2)12-34)10-22(14)33-16(3)31-25(23(27)26(33)35)36-13-18-6-7-19(28)11-20(18)29/h4-11,15,34H,12-13H2,1-3H3. The lowest BCUT2D eigenvalue weighted by molar-refractivity contribution is 0.269. The Labute approximate surface area is 211 Å². The molecule has 0 bridgehead atoms. The molecule has 0 spiro atoms. The van der Waals surface area contributed by atoms with Crippen LogP contribution in [0.4, 0.5) is 8.78 Å². The van der Waals surface area contributed by atoms with Gasteiger partial charge < -0.3 is 9.84 Å². The fraction of sp³-hybridized carbons (Fsp3) is 0.231. The summed E-state index contributed by atoms with van der Waals surface area (Å²) in [5.74, 6) is -1.04. The van der Waals surface area contributed by atoms with Gasteiger partial charge in [-0.15, -0.1) is 0 Å². The van der Waals surface area contributed by atoms with Crippen LogP contribution in [0.5, 0.6) is 5.88 Å². The Hall–Kier alpha value is -3.69. The summed E-state index contributed by atoms with van der Waals surface area (Å²) in [6.45, 7) is 4.94. The molecular formula is C26H23ClF2N4O3. The number of hydrogen-bond donors (Lipinski definition) is 1. The normalized spacial score (nSPS) is 12.0.